The van der Waals surface area contributed by atoms with Crippen molar-refractivity contribution >= 4 is 27.3 Å². The predicted molar refractivity (Wildman–Crippen MR) is 128 cm³/mol. The molecule has 0 unspecified atom stereocenters. The highest BCUT2D eigenvalue weighted by molar-refractivity contribution is 7.92. The summed E-state index contributed by atoms with van der Waals surface area (Å²) in [6.07, 6.45) is 1.05. The van der Waals surface area contributed by atoms with Gasteiger partial charge in [0, 0.05) is 6.07 Å². The number of methoxy groups -OCH3 is 2. The molecule has 0 saturated carbocycles. The van der Waals surface area contributed by atoms with E-state index in [-0.39, 0.29) is 0 Å². The van der Waals surface area contributed by atoms with Crippen LogP contribution in [0.5, 0.6) is 17.2 Å². The Kier molecular flexibility index (Phi) is 7.78. The highest BCUT2D eigenvalue weighted by Gasteiger charge is 2.21. The summed E-state index contributed by atoms with van der Waals surface area (Å²) in [4.78, 5) is 12.7. The molecule has 0 saturated heterocycles. The quantitative estimate of drug-likeness (QED) is 0.486. The van der Waals surface area contributed by atoms with E-state index in [1.165, 1.54) is 14.2 Å². The Bertz CT molecular complexity index is 1180. The molecule has 33 heavy (non-hydrogen) atoms. The SMILES string of the molecule is COc1ccc(NC(=O)CN(c2ccc(OCc3ccccc3)cc2)S(C)(=O)=O)c(OC)c1. The molecule has 3 aromatic rings. The average Bonchev–Trinajstić information content (AvgIpc) is 2.82. The molecular formula is C24H26N2O6S. The number of benzene rings is 3. The number of carbonyl (C=O) groups excluding carboxylic acids is 1. The maximum absolute atomic E-state index is 12.7. The molecule has 0 aliphatic carbocycles. The van der Waals surface area contributed by atoms with E-state index in [9.17, 15) is 13.2 Å². The van der Waals surface area contributed by atoms with Gasteiger partial charge in [0.25, 0.3) is 0 Å². The van der Waals surface area contributed by atoms with E-state index in [0.29, 0.717) is 35.2 Å². The first kappa shape index (κ1) is 23.9. The van der Waals surface area contributed by atoms with E-state index in [1.807, 2.05) is 30.3 Å². The normalized spacial score (nSPS) is 10.9. The average molecular weight is 471 g/mol. The van der Waals surface area contributed by atoms with Crippen molar-refractivity contribution in [3.8, 4) is 17.2 Å². The highest BCUT2D eigenvalue weighted by atomic mass is 32.2. The number of amides is 1. The van der Waals surface area contributed by atoms with Crippen LogP contribution in [0.15, 0.2) is 72.8 Å². The summed E-state index contributed by atoms with van der Waals surface area (Å²) in [5, 5.41) is 2.68. The zero-order valence-electron chi connectivity index (χ0n) is 18.6. The zero-order chi connectivity index (χ0) is 23.8. The van der Waals surface area contributed by atoms with E-state index in [0.717, 1.165) is 16.1 Å². The van der Waals surface area contributed by atoms with Gasteiger partial charge in [0.15, 0.2) is 0 Å². The van der Waals surface area contributed by atoms with Crippen molar-refractivity contribution in [2.45, 2.75) is 6.61 Å². The van der Waals surface area contributed by atoms with Crippen LogP contribution in [0, 0.1) is 0 Å². The highest BCUT2D eigenvalue weighted by Crippen LogP contribution is 2.29. The monoisotopic (exact) mass is 470 g/mol. The summed E-state index contributed by atoms with van der Waals surface area (Å²) < 4.78 is 42.0. The second-order valence-corrected chi connectivity index (χ2v) is 9.06. The molecule has 0 spiro atoms. The number of nitrogens with zero attached hydrogens (tertiary/aromatic N) is 1. The van der Waals surface area contributed by atoms with E-state index < -0.39 is 22.5 Å². The number of ether oxygens (including phenoxy) is 3. The first-order valence-corrected chi connectivity index (χ1v) is 11.9. The molecule has 9 heteroatoms. The van der Waals surface area contributed by atoms with Gasteiger partial charge in [-0.3, -0.25) is 9.10 Å². The Balaban J connectivity index is 1.70. The van der Waals surface area contributed by atoms with Crippen LogP contribution in [-0.4, -0.2) is 41.3 Å². The molecule has 0 aromatic heterocycles. The third-order valence-electron chi connectivity index (χ3n) is 4.74. The molecule has 8 nitrogen and oxygen atoms in total. The lowest BCUT2D eigenvalue weighted by Crippen LogP contribution is -2.37. The van der Waals surface area contributed by atoms with Gasteiger partial charge in [0.1, 0.15) is 30.4 Å². The fourth-order valence-corrected chi connectivity index (χ4v) is 3.93. The van der Waals surface area contributed by atoms with E-state index in [2.05, 4.69) is 5.32 Å². The molecule has 1 amide bonds. The van der Waals surface area contributed by atoms with E-state index >= 15 is 0 Å². The van der Waals surface area contributed by atoms with E-state index in [1.54, 1.807) is 42.5 Å². The van der Waals surface area contributed by atoms with Crippen LogP contribution in [0.4, 0.5) is 11.4 Å². The summed E-state index contributed by atoms with van der Waals surface area (Å²) in [7, 11) is -0.730. The van der Waals surface area contributed by atoms with Gasteiger partial charge in [-0.2, -0.15) is 0 Å². The van der Waals surface area contributed by atoms with Gasteiger partial charge in [-0.15, -0.1) is 0 Å². The van der Waals surface area contributed by atoms with Gasteiger partial charge in [-0.05, 0) is 42.0 Å². The lowest BCUT2D eigenvalue weighted by molar-refractivity contribution is -0.114. The van der Waals surface area contributed by atoms with E-state index in [4.69, 9.17) is 14.2 Å². The lowest BCUT2D eigenvalue weighted by atomic mass is 10.2. The van der Waals surface area contributed by atoms with Gasteiger partial charge in [-0.25, -0.2) is 8.42 Å². The summed E-state index contributed by atoms with van der Waals surface area (Å²) >= 11 is 0. The fourth-order valence-electron chi connectivity index (χ4n) is 3.07. The molecule has 0 atom stereocenters. The topological polar surface area (TPSA) is 94.2 Å². The molecule has 3 aromatic carbocycles. The summed E-state index contributed by atoms with van der Waals surface area (Å²) in [6, 6.07) is 21.1. The second-order valence-electron chi connectivity index (χ2n) is 7.15. The largest absolute Gasteiger partial charge is 0.497 e. The van der Waals surface area contributed by atoms with Crippen molar-refractivity contribution in [1.82, 2.24) is 0 Å². The van der Waals surface area contributed by atoms with Crippen molar-refractivity contribution in [2.75, 3.05) is 36.6 Å². The van der Waals surface area contributed by atoms with Crippen LogP contribution in [0.2, 0.25) is 0 Å². The van der Waals surface area contributed by atoms with Crippen LogP contribution in [0.25, 0.3) is 0 Å². The molecular weight excluding hydrogens is 444 g/mol. The number of hydrogen-bond donors (Lipinski definition) is 1. The number of nitrogens with one attached hydrogen (secondary N) is 1. The van der Waals surface area contributed by atoms with Crippen molar-refractivity contribution in [1.29, 1.82) is 0 Å². The van der Waals surface area contributed by atoms with Gasteiger partial charge in [0.2, 0.25) is 15.9 Å². The van der Waals surface area contributed by atoms with Gasteiger partial charge in [0.05, 0.1) is 31.9 Å². The molecule has 0 aliphatic rings. The minimum Gasteiger partial charge on any atom is -0.497 e. The zero-order valence-corrected chi connectivity index (χ0v) is 19.5. The standard InChI is InChI=1S/C24H26N2O6S/c1-30-21-13-14-22(23(15-21)31-2)25-24(27)16-26(33(3,28)29)19-9-11-20(12-10-19)32-17-18-7-5-4-6-8-18/h4-15H,16-17H2,1-3H3,(H,25,27). The van der Waals surface area contributed by atoms with Crippen molar-refractivity contribution in [2.24, 2.45) is 0 Å². The maximum atomic E-state index is 12.7. The number of hydrogen-bond acceptors (Lipinski definition) is 6. The van der Waals surface area contributed by atoms with Gasteiger partial charge < -0.3 is 19.5 Å². The minimum atomic E-state index is -3.72. The second kappa shape index (κ2) is 10.7. The number of rotatable bonds is 10. The van der Waals surface area contributed by atoms with Gasteiger partial charge >= 0.3 is 0 Å². The predicted octanol–water partition coefficient (Wildman–Crippen LogP) is 3.69. The molecule has 0 aliphatic heterocycles. The fraction of sp³-hybridized carbons (Fsp3) is 0.208. The molecule has 0 radical (unpaired) electrons. The first-order chi connectivity index (χ1) is 15.8. The summed E-state index contributed by atoms with van der Waals surface area (Å²) in [6.45, 7) is -0.0136. The Morgan fingerprint density at radius 2 is 1.58 bits per heavy atom. The third-order valence-corrected chi connectivity index (χ3v) is 5.88. The molecule has 0 fully saturated rings. The first-order valence-electron chi connectivity index (χ1n) is 10.1. The maximum Gasteiger partial charge on any atom is 0.245 e. The Morgan fingerprint density at radius 1 is 0.909 bits per heavy atom. The van der Waals surface area contributed by atoms with Crippen molar-refractivity contribution in [3.05, 3.63) is 78.4 Å². The van der Waals surface area contributed by atoms with Crippen molar-refractivity contribution in [3.63, 3.8) is 0 Å². The van der Waals surface area contributed by atoms with Crippen LogP contribution in [0.3, 0.4) is 0 Å². The number of anilines is 2. The summed E-state index contributed by atoms with van der Waals surface area (Å²) in [5.74, 6) is 1.03. The van der Waals surface area contributed by atoms with Crippen LogP contribution in [-0.2, 0) is 21.4 Å². The molecule has 0 bridgehead atoms. The van der Waals surface area contributed by atoms with Crippen LogP contribution < -0.4 is 23.8 Å². The smallest absolute Gasteiger partial charge is 0.245 e. The Morgan fingerprint density at radius 3 is 2.18 bits per heavy atom. The van der Waals surface area contributed by atoms with Crippen molar-refractivity contribution < 1.29 is 27.4 Å². The number of sulfonamides is 1. The molecule has 174 valence electrons. The Labute approximate surface area is 193 Å². The summed E-state index contributed by atoms with van der Waals surface area (Å²) in [5.41, 5.74) is 1.77. The lowest BCUT2D eigenvalue weighted by Gasteiger charge is -2.22. The number of carbonyl (C=O) groups is 1. The Hall–Kier alpha value is -3.72. The van der Waals surface area contributed by atoms with Crippen LogP contribution >= 0.6 is 0 Å². The molecule has 1 N–H and O–H groups in total. The minimum absolute atomic E-state index is 0.349. The van der Waals surface area contributed by atoms with Gasteiger partial charge in [-0.1, -0.05) is 30.3 Å². The molecule has 0 heterocycles. The molecule has 3 rings (SSSR count). The third kappa shape index (κ3) is 6.63. The van der Waals surface area contributed by atoms with Crippen LogP contribution in [0.1, 0.15) is 5.56 Å².